The standard InChI is InChI=1S/C12H18O/c1-10(2)8-9-13-12-6-4-11(3)5-7-12/h4-7,10H,8-9H2,1-3H3. The van der Waals surface area contributed by atoms with Crippen LogP contribution in [0.15, 0.2) is 24.3 Å². The maximum atomic E-state index is 5.57. The monoisotopic (exact) mass is 178 g/mol. The summed E-state index contributed by atoms with van der Waals surface area (Å²) in [5.74, 6) is 1.69. The molecule has 0 fully saturated rings. The molecule has 0 amide bonds. The van der Waals surface area contributed by atoms with Crippen LogP contribution < -0.4 is 4.74 Å². The highest BCUT2D eigenvalue weighted by Gasteiger charge is 1.95. The Morgan fingerprint density at radius 2 is 1.77 bits per heavy atom. The van der Waals surface area contributed by atoms with Gasteiger partial charge in [-0.15, -0.1) is 0 Å². The predicted octanol–water partition coefficient (Wildman–Crippen LogP) is 3.42. The third-order valence-electron chi connectivity index (χ3n) is 1.98. The molecule has 1 aromatic carbocycles. The highest BCUT2D eigenvalue weighted by Crippen LogP contribution is 2.12. The second kappa shape index (κ2) is 4.90. The van der Waals surface area contributed by atoms with E-state index in [0.717, 1.165) is 18.8 Å². The van der Waals surface area contributed by atoms with Crippen LogP contribution in [0.5, 0.6) is 5.75 Å². The number of aryl methyl sites for hydroxylation is 1. The molecule has 0 atom stereocenters. The van der Waals surface area contributed by atoms with Crippen molar-refractivity contribution >= 4 is 0 Å². The van der Waals surface area contributed by atoms with Crippen molar-refractivity contribution in [2.75, 3.05) is 6.61 Å². The third kappa shape index (κ3) is 3.97. The Morgan fingerprint density at radius 1 is 1.15 bits per heavy atom. The van der Waals surface area contributed by atoms with Gasteiger partial charge in [-0.3, -0.25) is 0 Å². The molecule has 72 valence electrons. The molecule has 0 aliphatic rings. The summed E-state index contributed by atoms with van der Waals surface area (Å²) in [7, 11) is 0. The first-order valence-electron chi connectivity index (χ1n) is 4.88. The van der Waals surface area contributed by atoms with Crippen LogP contribution in [0.1, 0.15) is 25.8 Å². The fourth-order valence-corrected chi connectivity index (χ4v) is 1.05. The Kier molecular flexibility index (Phi) is 3.81. The SMILES string of the molecule is Cc1ccc(OCCC(C)C)cc1. The van der Waals surface area contributed by atoms with Crippen LogP contribution in [0.25, 0.3) is 0 Å². The van der Waals surface area contributed by atoms with E-state index in [0.29, 0.717) is 5.92 Å². The summed E-state index contributed by atoms with van der Waals surface area (Å²) < 4.78 is 5.57. The lowest BCUT2D eigenvalue weighted by Crippen LogP contribution is -2.01. The molecule has 0 aromatic heterocycles. The average Bonchev–Trinajstić information content (AvgIpc) is 2.08. The molecule has 0 heterocycles. The van der Waals surface area contributed by atoms with E-state index in [-0.39, 0.29) is 0 Å². The molecule has 1 heteroatoms. The molecule has 0 bridgehead atoms. The molecule has 0 N–H and O–H groups in total. The molecular weight excluding hydrogens is 160 g/mol. The van der Waals surface area contributed by atoms with Crippen molar-refractivity contribution < 1.29 is 4.74 Å². The zero-order chi connectivity index (χ0) is 9.68. The quantitative estimate of drug-likeness (QED) is 0.686. The lowest BCUT2D eigenvalue weighted by molar-refractivity contribution is 0.289. The van der Waals surface area contributed by atoms with Crippen LogP contribution in [0.4, 0.5) is 0 Å². The Balaban J connectivity index is 2.33. The van der Waals surface area contributed by atoms with Crippen LogP contribution in [0.2, 0.25) is 0 Å². The van der Waals surface area contributed by atoms with E-state index in [1.165, 1.54) is 5.56 Å². The average molecular weight is 178 g/mol. The molecule has 1 nitrogen and oxygen atoms in total. The maximum absolute atomic E-state index is 5.57. The first-order valence-corrected chi connectivity index (χ1v) is 4.88. The molecule has 0 radical (unpaired) electrons. The number of hydrogen-bond donors (Lipinski definition) is 0. The van der Waals surface area contributed by atoms with Gasteiger partial charge >= 0.3 is 0 Å². The summed E-state index contributed by atoms with van der Waals surface area (Å²) in [5.41, 5.74) is 1.27. The zero-order valence-electron chi connectivity index (χ0n) is 8.71. The largest absolute Gasteiger partial charge is 0.494 e. The first-order chi connectivity index (χ1) is 6.18. The summed E-state index contributed by atoms with van der Waals surface area (Å²) in [5, 5.41) is 0. The fraction of sp³-hybridized carbons (Fsp3) is 0.500. The number of ether oxygens (including phenoxy) is 1. The summed E-state index contributed by atoms with van der Waals surface area (Å²) in [6, 6.07) is 8.20. The van der Waals surface area contributed by atoms with Gasteiger partial charge in [-0.25, -0.2) is 0 Å². The molecule has 1 aromatic rings. The smallest absolute Gasteiger partial charge is 0.119 e. The van der Waals surface area contributed by atoms with Gasteiger partial charge in [-0.2, -0.15) is 0 Å². The Labute approximate surface area is 80.7 Å². The van der Waals surface area contributed by atoms with Crippen molar-refractivity contribution in [1.82, 2.24) is 0 Å². The Hall–Kier alpha value is -0.980. The molecule has 0 saturated heterocycles. The van der Waals surface area contributed by atoms with Gasteiger partial charge in [-0.05, 0) is 31.4 Å². The fourth-order valence-electron chi connectivity index (χ4n) is 1.05. The van der Waals surface area contributed by atoms with Crippen molar-refractivity contribution in [3.05, 3.63) is 29.8 Å². The molecule has 13 heavy (non-hydrogen) atoms. The van der Waals surface area contributed by atoms with Gasteiger partial charge in [0.25, 0.3) is 0 Å². The maximum Gasteiger partial charge on any atom is 0.119 e. The minimum absolute atomic E-state index is 0.713. The minimum atomic E-state index is 0.713. The van der Waals surface area contributed by atoms with Crippen LogP contribution in [0.3, 0.4) is 0 Å². The normalized spacial score (nSPS) is 10.5. The number of rotatable bonds is 4. The lowest BCUT2D eigenvalue weighted by Gasteiger charge is -2.07. The second-order valence-corrected chi connectivity index (χ2v) is 3.84. The molecule has 0 aliphatic heterocycles. The van der Waals surface area contributed by atoms with Gasteiger partial charge < -0.3 is 4.74 Å². The highest BCUT2D eigenvalue weighted by molar-refractivity contribution is 5.26. The first kappa shape index (κ1) is 10.1. The summed E-state index contributed by atoms with van der Waals surface area (Å²) >= 11 is 0. The van der Waals surface area contributed by atoms with Crippen molar-refractivity contribution in [2.24, 2.45) is 5.92 Å². The van der Waals surface area contributed by atoms with Gasteiger partial charge in [0.2, 0.25) is 0 Å². The third-order valence-corrected chi connectivity index (χ3v) is 1.98. The van der Waals surface area contributed by atoms with E-state index in [1.54, 1.807) is 0 Å². The van der Waals surface area contributed by atoms with E-state index in [2.05, 4.69) is 32.9 Å². The van der Waals surface area contributed by atoms with E-state index >= 15 is 0 Å². The van der Waals surface area contributed by atoms with Gasteiger partial charge in [0.15, 0.2) is 0 Å². The molecule has 0 aliphatic carbocycles. The molecule has 0 saturated carbocycles. The molecule has 0 spiro atoms. The topological polar surface area (TPSA) is 9.23 Å². The van der Waals surface area contributed by atoms with Crippen LogP contribution in [-0.4, -0.2) is 6.61 Å². The lowest BCUT2D eigenvalue weighted by atomic mass is 10.1. The van der Waals surface area contributed by atoms with Gasteiger partial charge in [0.05, 0.1) is 6.61 Å². The summed E-state index contributed by atoms with van der Waals surface area (Å²) in [4.78, 5) is 0. The van der Waals surface area contributed by atoms with E-state index < -0.39 is 0 Å². The van der Waals surface area contributed by atoms with Gasteiger partial charge in [0.1, 0.15) is 5.75 Å². The summed E-state index contributed by atoms with van der Waals surface area (Å²) in [6.07, 6.45) is 1.12. The number of benzene rings is 1. The van der Waals surface area contributed by atoms with E-state index in [4.69, 9.17) is 4.74 Å². The van der Waals surface area contributed by atoms with E-state index in [1.807, 2.05) is 12.1 Å². The van der Waals surface area contributed by atoms with Crippen LogP contribution >= 0.6 is 0 Å². The van der Waals surface area contributed by atoms with Crippen molar-refractivity contribution in [2.45, 2.75) is 27.2 Å². The van der Waals surface area contributed by atoms with Gasteiger partial charge in [0, 0.05) is 0 Å². The molecule has 1 rings (SSSR count). The Bertz CT molecular complexity index is 236. The van der Waals surface area contributed by atoms with E-state index in [9.17, 15) is 0 Å². The summed E-state index contributed by atoms with van der Waals surface area (Å²) in [6.45, 7) is 7.32. The van der Waals surface area contributed by atoms with Gasteiger partial charge in [-0.1, -0.05) is 31.5 Å². The predicted molar refractivity (Wildman–Crippen MR) is 56.1 cm³/mol. The van der Waals surface area contributed by atoms with Crippen molar-refractivity contribution in [3.63, 3.8) is 0 Å². The highest BCUT2D eigenvalue weighted by atomic mass is 16.5. The second-order valence-electron chi connectivity index (χ2n) is 3.84. The Morgan fingerprint density at radius 3 is 2.31 bits per heavy atom. The van der Waals surface area contributed by atoms with Crippen LogP contribution in [-0.2, 0) is 0 Å². The van der Waals surface area contributed by atoms with Crippen LogP contribution in [0, 0.1) is 12.8 Å². The minimum Gasteiger partial charge on any atom is -0.494 e. The molecule has 0 unspecified atom stereocenters. The van der Waals surface area contributed by atoms with Crippen molar-refractivity contribution in [1.29, 1.82) is 0 Å². The molecular formula is C12H18O. The zero-order valence-corrected chi connectivity index (χ0v) is 8.71. The number of hydrogen-bond acceptors (Lipinski definition) is 1. The van der Waals surface area contributed by atoms with Crippen molar-refractivity contribution in [3.8, 4) is 5.75 Å².